The largest absolute Gasteiger partial charge is 0.465 e. The van der Waals surface area contributed by atoms with Gasteiger partial charge in [-0.3, -0.25) is 4.98 Å². The average Bonchev–Trinajstić information content (AvgIpc) is 2.86. The Labute approximate surface area is 112 Å². The Balaban J connectivity index is 2.11. The van der Waals surface area contributed by atoms with Gasteiger partial charge in [-0.2, -0.15) is 0 Å². The van der Waals surface area contributed by atoms with E-state index in [4.69, 9.17) is 0 Å². The molecule has 0 saturated carbocycles. The van der Waals surface area contributed by atoms with E-state index in [1.165, 1.54) is 13.3 Å². The van der Waals surface area contributed by atoms with Crippen LogP contribution in [-0.2, 0) is 17.7 Å². The van der Waals surface area contributed by atoms with Crippen LogP contribution < -0.4 is 0 Å². The van der Waals surface area contributed by atoms with Crippen LogP contribution in [0.2, 0.25) is 0 Å². The highest BCUT2D eigenvalue weighted by molar-refractivity contribution is 5.88. The number of aryl methyl sites for hydroxylation is 1. The number of carbonyl (C=O) groups is 1. The standard InChI is InChI=1S/C14H17N3O2/c1-3-4-13-15-7-8-17(13)10-12-6-5-11(9-16-12)14(18)19-2/h5-9H,3-4,10H2,1-2H3. The van der Waals surface area contributed by atoms with Gasteiger partial charge in [0.1, 0.15) is 5.82 Å². The Hall–Kier alpha value is -2.17. The number of ether oxygens (including phenoxy) is 1. The average molecular weight is 259 g/mol. The van der Waals surface area contributed by atoms with Crippen LogP contribution in [0.25, 0.3) is 0 Å². The minimum atomic E-state index is -0.367. The molecule has 0 saturated heterocycles. The quantitative estimate of drug-likeness (QED) is 0.771. The van der Waals surface area contributed by atoms with E-state index < -0.39 is 0 Å². The molecule has 2 aromatic rings. The van der Waals surface area contributed by atoms with Gasteiger partial charge < -0.3 is 9.30 Å². The number of esters is 1. The molecule has 0 aliphatic rings. The maximum Gasteiger partial charge on any atom is 0.339 e. The second-order valence-corrected chi connectivity index (χ2v) is 4.25. The SMILES string of the molecule is CCCc1nccn1Cc1ccc(C(=O)OC)cn1. The summed E-state index contributed by atoms with van der Waals surface area (Å²) in [6, 6.07) is 3.56. The van der Waals surface area contributed by atoms with E-state index in [9.17, 15) is 4.79 Å². The fraction of sp³-hybridized carbons (Fsp3) is 0.357. The van der Waals surface area contributed by atoms with Gasteiger partial charge in [-0.25, -0.2) is 9.78 Å². The zero-order valence-electron chi connectivity index (χ0n) is 11.2. The summed E-state index contributed by atoms with van der Waals surface area (Å²) in [4.78, 5) is 19.9. The predicted molar refractivity (Wildman–Crippen MR) is 70.9 cm³/mol. The van der Waals surface area contributed by atoms with Crippen LogP contribution in [0.15, 0.2) is 30.7 Å². The number of hydrogen-bond donors (Lipinski definition) is 0. The molecule has 0 fully saturated rings. The third-order valence-corrected chi connectivity index (χ3v) is 2.85. The van der Waals surface area contributed by atoms with Crippen LogP contribution in [0.1, 0.15) is 35.2 Å². The van der Waals surface area contributed by atoms with Crippen LogP contribution >= 0.6 is 0 Å². The van der Waals surface area contributed by atoms with Crippen LogP contribution in [0, 0.1) is 0 Å². The Kier molecular flexibility index (Phi) is 4.28. The molecule has 0 aromatic carbocycles. The first kappa shape index (κ1) is 13.3. The van der Waals surface area contributed by atoms with Crippen molar-refractivity contribution in [3.63, 3.8) is 0 Å². The smallest absolute Gasteiger partial charge is 0.339 e. The molecule has 19 heavy (non-hydrogen) atoms. The first-order chi connectivity index (χ1) is 9.24. The monoisotopic (exact) mass is 259 g/mol. The van der Waals surface area contributed by atoms with Crippen molar-refractivity contribution >= 4 is 5.97 Å². The maximum atomic E-state index is 11.3. The molecule has 0 spiro atoms. The highest BCUT2D eigenvalue weighted by Gasteiger charge is 2.07. The van der Waals surface area contributed by atoms with Gasteiger partial charge in [-0.15, -0.1) is 0 Å². The van der Waals surface area contributed by atoms with Crippen molar-refractivity contribution in [3.8, 4) is 0 Å². The molecule has 0 aliphatic carbocycles. The summed E-state index contributed by atoms with van der Waals surface area (Å²) in [6.45, 7) is 2.79. The summed E-state index contributed by atoms with van der Waals surface area (Å²) in [5.41, 5.74) is 1.36. The van der Waals surface area contributed by atoms with Crippen molar-refractivity contribution < 1.29 is 9.53 Å². The van der Waals surface area contributed by atoms with E-state index in [2.05, 4.69) is 26.2 Å². The molecular formula is C14H17N3O2. The third kappa shape index (κ3) is 3.19. The Morgan fingerprint density at radius 3 is 2.84 bits per heavy atom. The van der Waals surface area contributed by atoms with E-state index in [1.807, 2.05) is 12.3 Å². The maximum absolute atomic E-state index is 11.3. The van der Waals surface area contributed by atoms with Gasteiger partial charge in [0.25, 0.3) is 0 Å². The number of carbonyl (C=O) groups excluding carboxylic acids is 1. The summed E-state index contributed by atoms with van der Waals surface area (Å²) in [5, 5.41) is 0. The second kappa shape index (κ2) is 6.13. The van der Waals surface area contributed by atoms with Gasteiger partial charge in [-0.05, 0) is 18.6 Å². The molecule has 0 bridgehead atoms. The number of methoxy groups -OCH3 is 1. The molecule has 0 amide bonds. The van der Waals surface area contributed by atoms with Crippen molar-refractivity contribution in [2.45, 2.75) is 26.3 Å². The number of nitrogens with zero attached hydrogens (tertiary/aromatic N) is 3. The van der Waals surface area contributed by atoms with Crippen molar-refractivity contribution in [2.75, 3.05) is 7.11 Å². The fourth-order valence-corrected chi connectivity index (χ4v) is 1.87. The molecule has 2 rings (SSSR count). The molecular weight excluding hydrogens is 242 g/mol. The van der Waals surface area contributed by atoms with E-state index in [0.29, 0.717) is 12.1 Å². The number of aromatic nitrogens is 3. The number of hydrogen-bond acceptors (Lipinski definition) is 4. The summed E-state index contributed by atoms with van der Waals surface area (Å²) >= 11 is 0. The minimum absolute atomic E-state index is 0.367. The molecule has 100 valence electrons. The summed E-state index contributed by atoms with van der Waals surface area (Å²) in [7, 11) is 1.36. The fourth-order valence-electron chi connectivity index (χ4n) is 1.87. The summed E-state index contributed by atoms with van der Waals surface area (Å²) < 4.78 is 6.71. The highest BCUT2D eigenvalue weighted by atomic mass is 16.5. The first-order valence-electron chi connectivity index (χ1n) is 6.28. The van der Waals surface area contributed by atoms with Gasteiger partial charge in [0.2, 0.25) is 0 Å². The van der Waals surface area contributed by atoms with Gasteiger partial charge in [0, 0.05) is 25.0 Å². The van der Waals surface area contributed by atoms with Crippen molar-refractivity contribution in [3.05, 3.63) is 47.8 Å². The van der Waals surface area contributed by atoms with E-state index in [1.54, 1.807) is 12.3 Å². The van der Waals surface area contributed by atoms with Crippen molar-refractivity contribution in [2.24, 2.45) is 0 Å². The lowest BCUT2D eigenvalue weighted by Gasteiger charge is -2.07. The molecule has 2 heterocycles. The van der Waals surface area contributed by atoms with Crippen LogP contribution in [0.5, 0.6) is 0 Å². The van der Waals surface area contributed by atoms with Crippen LogP contribution in [0.4, 0.5) is 0 Å². The Morgan fingerprint density at radius 2 is 2.21 bits per heavy atom. The Bertz CT molecular complexity index is 546. The third-order valence-electron chi connectivity index (χ3n) is 2.85. The molecule has 2 aromatic heterocycles. The van der Waals surface area contributed by atoms with Crippen molar-refractivity contribution in [1.82, 2.24) is 14.5 Å². The van der Waals surface area contributed by atoms with E-state index in [-0.39, 0.29) is 5.97 Å². The molecule has 0 unspecified atom stereocenters. The zero-order chi connectivity index (χ0) is 13.7. The number of imidazole rings is 1. The lowest BCUT2D eigenvalue weighted by atomic mass is 10.2. The zero-order valence-corrected chi connectivity index (χ0v) is 11.2. The Morgan fingerprint density at radius 1 is 1.37 bits per heavy atom. The highest BCUT2D eigenvalue weighted by Crippen LogP contribution is 2.07. The number of rotatable bonds is 5. The van der Waals surface area contributed by atoms with Gasteiger partial charge in [0.05, 0.1) is 24.9 Å². The van der Waals surface area contributed by atoms with Crippen LogP contribution in [-0.4, -0.2) is 27.6 Å². The number of pyridine rings is 1. The summed E-state index contributed by atoms with van der Waals surface area (Å²) in [5.74, 6) is 0.690. The van der Waals surface area contributed by atoms with E-state index in [0.717, 1.165) is 24.4 Å². The second-order valence-electron chi connectivity index (χ2n) is 4.25. The summed E-state index contributed by atoms with van der Waals surface area (Å²) in [6.07, 6.45) is 7.30. The minimum Gasteiger partial charge on any atom is -0.465 e. The van der Waals surface area contributed by atoms with Crippen LogP contribution in [0.3, 0.4) is 0 Å². The van der Waals surface area contributed by atoms with E-state index >= 15 is 0 Å². The molecule has 5 nitrogen and oxygen atoms in total. The molecule has 5 heteroatoms. The van der Waals surface area contributed by atoms with Gasteiger partial charge >= 0.3 is 5.97 Å². The lowest BCUT2D eigenvalue weighted by molar-refractivity contribution is 0.0600. The molecule has 0 radical (unpaired) electrons. The molecule has 0 atom stereocenters. The molecule has 0 N–H and O–H groups in total. The van der Waals surface area contributed by atoms with Gasteiger partial charge in [-0.1, -0.05) is 6.92 Å². The molecule has 0 aliphatic heterocycles. The predicted octanol–water partition coefficient (Wildman–Crippen LogP) is 2.07. The normalized spacial score (nSPS) is 10.4. The first-order valence-corrected chi connectivity index (χ1v) is 6.28. The van der Waals surface area contributed by atoms with Gasteiger partial charge in [0.15, 0.2) is 0 Å². The lowest BCUT2D eigenvalue weighted by Crippen LogP contribution is -2.07. The van der Waals surface area contributed by atoms with Crippen molar-refractivity contribution in [1.29, 1.82) is 0 Å². The topological polar surface area (TPSA) is 57.0 Å².